The van der Waals surface area contributed by atoms with Gasteiger partial charge in [0.1, 0.15) is 5.75 Å². The third-order valence-corrected chi connectivity index (χ3v) is 3.14. The van der Waals surface area contributed by atoms with Crippen LogP contribution in [-0.2, 0) is 0 Å². The lowest BCUT2D eigenvalue weighted by molar-refractivity contribution is 0.122. The standard InChI is InChI=1S/C12H18BrNO2/c1-7(2)11(14)12(15)9-6-8(13)4-5-10(9)16-3/h4-7,11-12,15H,14H2,1-3H3. The van der Waals surface area contributed by atoms with E-state index in [4.69, 9.17) is 10.5 Å². The van der Waals surface area contributed by atoms with E-state index in [-0.39, 0.29) is 12.0 Å². The minimum atomic E-state index is -0.715. The number of ether oxygens (including phenoxy) is 1. The van der Waals surface area contributed by atoms with Gasteiger partial charge in [0, 0.05) is 16.1 Å². The maximum Gasteiger partial charge on any atom is 0.124 e. The number of hydrogen-bond acceptors (Lipinski definition) is 3. The predicted molar refractivity (Wildman–Crippen MR) is 68.5 cm³/mol. The molecule has 2 atom stereocenters. The van der Waals surface area contributed by atoms with Crippen molar-refractivity contribution in [1.82, 2.24) is 0 Å². The Morgan fingerprint density at radius 1 is 1.38 bits per heavy atom. The fourth-order valence-corrected chi connectivity index (χ4v) is 1.89. The van der Waals surface area contributed by atoms with Crippen LogP contribution in [0.25, 0.3) is 0 Å². The number of aliphatic hydroxyl groups is 1. The molecule has 1 rings (SSSR count). The van der Waals surface area contributed by atoms with Gasteiger partial charge in [-0.3, -0.25) is 0 Å². The van der Waals surface area contributed by atoms with Gasteiger partial charge in [-0.05, 0) is 24.1 Å². The molecular weight excluding hydrogens is 270 g/mol. The first-order valence-electron chi connectivity index (χ1n) is 5.24. The molecule has 0 saturated carbocycles. The lowest BCUT2D eigenvalue weighted by Gasteiger charge is -2.24. The second kappa shape index (κ2) is 5.66. The Hall–Kier alpha value is -0.580. The van der Waals surface area contributed by atoms with Crippen LogP contribution in [-0.4, -0.2) is 18.3 Å². The maximum atomic E-state index is 10.2. The molecule has 0 aliphatic rings. The van der Waals surface area contributed by atoms with E-state index in [2.05, 4.69) is 15.9 Å². The monoisotopic (exact) mass is 287 g/mol. The smallest absolute Gasteiger partial charge is 0.124 e. The third kappa shape index (κ3) is 2.97. The van der Waals surface area contributed by atoms with Crippen molar-refractivity contribution in [3.8, 4) is 5.75 Å². The first-order chi connectivity index (χ1) is 7.47. The van der Waals surface area contributed by atoms with E-state index in [9.17, 15) is 5.11 Å². The summed E-state index contributed by atoms with van der Waals surface area (Å²) in [5.74, 6) is 0.866. The molecule has 0 bridgehead atoms. The lowest BCUT2D eigenvalue weighted by atomic mass is 9.94. The summed E-state index contributed by atoms with van der Waals surface area (Å²) in [4.78, 5) is 0. The average Bonchev–Trinajstić information content (AvgIpc) is 2.26. The highest BCUT2D eigenvalue weighted by Crippen LogP contribution is 2.31. The molecule has 3 N–H and O–H groups in total. The van der Waals surface area contributed by atoms with Crippen molar-refractivity contribution in [2.45, 2.75) is 26.0 Å². The zero-order chi connectivity index (χ0) is 12.3. The summed E-state index contributed by atoms with van der Waals surface area (Å²) in [5.41, 5.74) is 6.67. The number of aliphatic hydroxyl groups excluding tert-OH is 1. The van der Waals surface area contributed by atoms with Gasteiger partial charge in [0.25, 0.3) is 0 Å². The topological polar surface area (TPSA) is 55.5 Å². The molecule has 3 nitrogen and oxygen atoms in total. The van der Waals surface area contributed by atoms with Crippen molar-refractivity contribution < 1.29 is 9.84 Å². The Balaban J connectivity index is 3.05. The first kappa shape index (κ1) is 13.5. The van der Waals surface area contributed by atoms with Crippen LogP contribution >= 0.6 is 15.9 Å². The molecule has 0 amide bonds. The molecule has 1 aromatic carbocycles. The summed E-state index contributed by atoms with van der Waals surface area (Å²) in [6, 6.07) is 5.22. The number of nitrogens with two attached hydrogens (primary N) is 1. The van der Waals surface area contributed by atoms with Crippen molar-refractivity contribution in [3.05, 3.63) is 28.2 Å². The molecule has 0 saturated heterocycles. The highest BCUT2D eigenvalue weighted by atomic mass is 79.9. The molecule has 0 aliphatic heterocycles. The van der Waals surface area contributed by atoms with Gasteiger partial charge in [0.15, 0.2) is 0 Å². The van der Waals surface area contributed by atoms with Crippen LogP contribution in [0, 0.1) is 5.92 Å². The van der Waals surface area contributed by atoms with Gasteiger partial charge in [0.2, 0.25) is 0 Å². The molecule has 2 unspecified atom stereocenters. The highest BCUT2D eigenvalue weighted by Gasteiger charge is 2.23. The molecule has 0 radical (unpaired) electrons. The Bertz CT molecular complexity index is 355. The first-order valence-corrected chi connectivity index (χ1v) is 6.03. The minimum absolute atomic E-state index is 0.207. The molecule has 90 valence electrons. The maximum absolute atomic E-state index is 10.2. The van der Waals surface area contributed by atoms with E-state index >= 15 is 0 Å². The van der Waals surface area contributed by atoms with Crippen LogP contribution in [0.15, 0.2) is 22.7 Å². The zero-order valence-corrected chi connectivity index (χ0v) is 11.4. The molecule has 0 heterocycles. The van der Waals surface area contributed by atoms with Gasteiger partial charge < -0.3 is 15.6 Å². The fraction of sp³-hybridized carbons (Fsp3) is 0.500. The summed E-state index contributed by atoms with van der Waals surface area (Å²) < 4.78 is 6.12. The van der Waals surface area contributed by atoms with Crippen molar-refractivity contribution in [2.75, 3.05) is 7.11 Å². The zero-order valence-electron chi connectivity index (χ0n) is 9.77. The molecule has 4 heteroatoms. The van der Waals surface area contributed by atoms with E-state index in [1.54, 1.807) is 7.11 Å². The van der Waals surface area contributed by atoms with Gasteiger partial charge in [-0.25, -0.2) is 0 Å². The second-order valence-electron chi connectivity index (χ2n) is 4.15. The van der Waals surface area contributed by atoms with Gasteiger partial charge >= 0.3 is 0 Å². The quantitative estimate of drug-likeness (QED) is 0.895. The molecule has 1 aromatic rings. The number of methoxy groups -OCH3 is 1. The van der Waals surface area contributed by atoms with E-state index in [0.29, 0.717) is 5.75 Å². The summed E-state index contributed by atoms with van der Waals surface area (Å²) in [6.45, 7) is 3.97. The number of benzene rings is 1. The average molecular weight is 288 g/mol. The number of halogens is 1. The number of rotatable bonds is 4. The van der Waals surface area contributed by atoms with Gasteiger partial charge in [0.05, 0.1) is 13.2 Å². The normalized spacial score (nSPS) is 14.9. The van der Waals surface area contributed by atoms with Crippen LogP contribution in [0.1, 0.15) is 25.5 Å². The molecule has 0 aromatic heterocycles. The fourth-order valence-electron chi connectivity index (χ4n) is 1.51. The SMILES string of the molecule is COc1ccc(Br)cc1C(O)C(N)C(C)C. The Morgan fingerprint density at radius 3 is 2.50 bits per heavy atom. The third-order valence-electron chi connectivity index (χ3n) is 2.64. The van der Waals surface area contributed by atoms with Crippen molar-refractivity contribution in [1.29, 1.82) is 0 Å². The summed E-state index contributed by atoms with van der Waals surface area (Å²) >= 11 is 3.37. The van der Waals surface area contributed by atoms with E-state index in [1.165, 1.54) is 0 Å². The van der Waals surface area contributed by atoms with Crippen LogP contribution in [0.4, 0.5) is 0 Å². The van der Waals surface area contributed by atoms with Crippen molar-refractivity contribution in [2.24, 2.45) is 11.7 Å². The molecule has 0 fully saturated rings. The van der Waals surface area contributed by atoms with Crippen molar-refractivity contribution in [3.63, 3.8) is 0 Å². The van der Waals surface area contributed by atoms with Crippen molar-refractivity contribution >= 4 is 15.9 Å². The van der Waals surface area contributed by atoms with Crippen LogP contribution in [0.5, 0.6) is 5.75 Å². The Kier molecular flexibility index (Phi) is 4.77. The molecular formula is C12H18BrNO2. The van der Waals surface area contributed by atoms with Crippen LogP contribution < -0.4 is 10.5 Å². The van der Waals surface area contributed by atoms with E-state index < -0.39 is 6.10 Å². The highest BCUT2D eigenvalue weighted by molar-refractivity contribution is 9.10. The molecule has 16 heavy (non-hydrogen) atoms. The minimum Gasteiger partial charge on any atom is -0.496 e. The lowest BCUT2D eigenvalue weighted by Crippen LogP contribution is -2.33. The Labute approximate surface area is 105 Å². The second-order valence-corrected chi connectivity index (χ2v) is 5.07. The number of hydrogen-bond donors (Lipinski definition) is 2. The van der Waals surface area contributed by atoms with E-state index in [0.717, 1.165) is 10.0 Å². The van der Waals surface area contributed by atoms with E-state index in [1.807, 2.05) is 32.0 Å². The van der Waals surface area contributed by atoms with Gasteiger partial charge in [-0.15, -0.1) is 0 Å². The summed E-state index contributed by atoms with van der Waals surface area (Å²) in [6.07, 6.45) is -0.715. The largest absolute Gasteiger partial charge is 0.496 e. The van der Waals surface area contributed by atoms with Crippen LogP contribution in [0.3, 0.4) is 0 Å². The Morgan fingerprint density at radius 2 is 2.00 bits per heavy atom. The molecule has 0 spiro atoms. The predicted octanol–water partition coefficient (Wildman–Crippen LogP) is 2.47. The summed E-state index contributed by atoms with van der Waals surface area (Å²) in [5, 5.41) is 10.2. The van der Waals surface area contributed by atoms with Gasteiger partial charge in [-0.1, -0.05) is 29.8 Å². The van der Waals surface area contributed by atoms with Crippen LogP contribution in [0.2, 0.25) is 0 Å². The van der Waals surface area contributed by atoms with Gasteiger partial charge in [-0.2, -0.15) is 0 Å². The molecule has 0 aliphatic carbocycles. The summed E-state index contributed by atoms with van der Waals surface area (Å²) in [7, 11) is 1.58.